The van der Waals surface area contributed by atoms with Crippen molar-refractivity contribution < 1.29 is 4.79 Å². The molecule has 2 aliphatic heterocycles. The molecule has 0 atom stereocenters. The fourth-order valence-electron chi connectivity index (χ4n) is 4.05. The predicted octanol–water partition coefficient (Wildman–Crippen LogP) is 3.02. The first kappa shape index (κ1) is 23.8. The summed E-state index contributed by atoms with van der Waals surface area (Å²) in [6.07, 6.45) is 2.79. The number of aryl methyl sites for hydroxylation is 1. The van der Waals surface area contributed by atoms with E-state index in [0.29, 0.717) is 13.0 Å². The van der Waals surface area contributed by atoms with Gasteiger partial charge in [0.25, 0.3) is 0 Å². The Morgan fingerprint density at radius 1 is 1.03 bits per heavy atom. The summed E-state index contributed by atoms with van der Waals surface area (Å²) >= 11 is 0. The van der Waals surface area contributed by atoms with Crippen molar-refractivity contribution >= 4 is 41.5 Å². The van der Waals surface area contributed by atoms with E-state index in [0.717, 1.165) is 64.6 Å². The van der Waals surface area contributed by atoms with Crippen LogP contribution in [0.3, 0.4) is 0 Å². The van der Waals surface area contributed by atoms with Crippen LogP contribution in [0, 0.1) is 13.8 Å². The van der Waals surface area contributed by atoms with E-state index in [1.807, 2.05) is 4.90 Å². The Bertz CT molecular complexity index is 694. The van der Waals surface area contributed by atoms with Gasteiger partial charge in [-0.1, -0.05) is 12.1 Å². The summed E-state index contributed by atoms with van der Waals surface area (Å²) in [4.78, 5) is 23.8. The van der Waals surface area contributed by atoms with Crippen LogP contribution < -0.4 is 10.2 Å². The molecule has 29 heavy (non-hydrogen) atoms. The molecule has 162 valence electrons. The first-order valence-electron chi connectivity index (χ1n) is 10.7. The van der Waals surface area contributed by atoms with E-state index in [9.17, 15) is 4.79 Å². The number of benzene rings is 1. The van der Waals surface area contributed by atoms with Gasteiger partial charge in [0.15, 0.2) is 5.96 Å². The third-order valence-corrected chi connectivity index (χ3v) is 5.88. The number of halogens is 1. The SMILES string of the molecule is CCNC(=NCCC(=O)N1CCCC1)N1CCN(c2cccc(C)c2C)CC1.I. The highest BCUT2D eigenvalue weighted by atomic mass is 127. The smallest absolute Gasteiger partial charge is 0.224 e. The molecule has 7 heteroatoms. The van der Waals surface area contributed by atoms with E-state index in [1.165, 1.54) is 16.8 Å². The number of carbonyl (C=O) groups excluding carboxylic acids is 1. The lowest BCUT2D eigenvalue weighted by Gasteiger charge is -2.38. The quantitative estimate of drug-likeness (QED) is 0.374. The van der Waals surface area contributed by atoms with Crippen molar-refractivity contribution in [1.82, 2.24) is 15.1 Å². The summed E-state index contributed by atoms with van der Waals surface area (Å²) in [6, 6.07) is 6.54. The molecule has 1 amide bonds. The van der Waals surface area contributed by atoms with Crippen molar-refractivity contribution in [3.05, 3.63) is 29.3 Å². The van der Waals surface area contributed by atoms with Gasteiger partial charge >= 0.3 is 0 Å². The van der Waals surface area contributed by atoms with Gasteiger partial charge in [-0.3, -0.25) is 9.79 Å². The summed E-state index contributed by atoms with van der Waals surface area (Å²) < 4.78 is 0. The van der Waals surface area contributed by atoms with Crippen LogP contribution in [0.25, 0.3) is 0 Å². The minimum Gasteiger partial charge on any atom is -0.368 e. The van der Waals surface area contributed by atoms with Crippen LogP contribution >= 0.6 is 24.0 Å². The Labute approximate surface area is 192 Å². The number of aliphatic imine (C=N–C) groups is 1. The van der Waals surface area contributed by atoms with Crippen LogP contribution in [-0.2, 0) is 4.79 Å². The van der Waals surface area contributed by atoms with Gasteiger partial charge in [0, 0.05) is 57.9 Å². The zero-order chi connectivity index (χ0) is 19.9. The van der Waals surface area contributed by atoms with E-state index in [2.05, 4.69) is 54.1 Å². The first-order chi connectivity index (χ1) is 13.6. The number of guanidine groups is 1. The van der Waals surface area contributed by atoms with E-state index in [-0.39, 0.29) is 29.9 Å². The Morgan fingerprint density at radius 2 is 1.72 bits per heavy atom. The number of carbonyl (C=O) groups is 1. The van der Waals surface area contributed by atoms with Crippen LogP contribution in [-0.4, -0.2) is 74.0 Å². The van der Waals surface area contributed by atoms with Gasteiger partial charge in [-0.15, -0.1) is 24.0 Å². The van der Waals surface area contributed by atoms with E-state index < -0.39 is 0 Å². The number of nitrogens with one attached hydrogen (secondary N) is 1. The maximum absolute atomic E-state index is 12.2. The Balaban J connectivity index is 0.00000300. The maximum Gasteiger partial charge on any atom is 0.224 e. The number of piperazine rings is 1. The van der Waals surface area contributed by atoms with Crippen molar-refractivity contribution in [2.24, 2.45) is 4.99 Å². The molecule has 3 rings (SSSR count). The van der Waals surface area contributed by atoms with Gasteiger partial charge in [0.2, 0.25) is 5.91 Å². The average Bonchev–Trinajstić information content (AvgIpc) is 3.25. The number of nitrogens with zero attached hydrogens (tertiary/aromatic N) is 4. The predicted molar refractivity (Wildman–Crippen MR) is 132 cm³/mol. The second-order valence-corrected chi connectivity index (χ2v) is 7.77. The topological polar surface area (TPSA) is 51.2 Å². The number of hydrogen-bond donors (Lipinski definition) is 1. The molecule has 2 aliphatic rings. The highest BCUT2D eigenvalue weighted by Gasteiger charge is 2.21. The summed E-state index contributed by atoms with van der Waals surface area (Å²) in [5, 5.41) is 3.40. The third-order valence-electron chi connectivity index (χ3n) is 5.88. The zero-order valence-corrected chi connectivity index (χ0v) is 20.4. The van der Waals surface area contributed by atoms with Crippen molar-refractivity contribution in [3.8, 4) is 0 Å². The lowest BCUT2D eigenvalue weighted by molar-refractivity contribution is -0.129. The number of amides is 1. The molecule has 2 fully saturated rings. The monoisotopic (exact) mass is 513 g/mol. The number of anilines is 1. The number of rotatable bonds is 5. The molecule has 6 nitrogen and oxygen atoms in total. The third kappa shape index (κ3) is 6.23. The van der Waals surface area contributed by atoms with Crippen molar-refractivity contribution in [3.63, 3.8) is 0 Å². The molecule has 0 bridgehead atoms. The number of hydrogen-bond acceptors (Lipinski definition) is 3. The maximum atomic E-state index is 12.2. The van der Waals surface area contributed by atoms with Crippen LogP contribution in [0.5, 0.6) is 0 Å². The second-order valence-electron chi connectivity index (χ2n) is 7.77. The minimum absolute atomic E-state index is 0. The molecule has 0 unspecified atom stereocenters. The van der Waals surface area contributed by atoms with Crippen molar-refractivity contribution in [2.75, 3.05) is 57.3 Å². The van der Waals surface area contributed by atoms with Gasteiger partial charge in [0.1, 0.15) is 0 Å². The highest BCUT2D eigenvalue weighted by Crippen LogP contribution is 2.23. The van der Waals surface area contributed by atoms with E-state index in [1.54, 1.807) is 0 Å². The van der Waals surface area contributed by atoms with Crippen LogP contribution in [0.2, 0.25) is 0 Å². The molecule has 0 spiro atoms. The Morgan fingerprint density at radius 3 is 2.38 bits per heavy atom. The molecule has 1 aromatic carbocycles. The van der Waals surface area contributed by atoms with Gasteiger partial charge in [-0.25, -0.2) is 0 Å². The first-order valence-corrected chi connectivity index (χ1v) is 10.7. The van der Waals surface area contributed by atoms with Gasteiger partial charge in [-0.2, -0.15) is 0 Å². The van der Waals surface area contributed by atoms with E-state index in [4.69, 9.17) is 4.99 Å². The largest absolute Gasteiger partial charge is 0.368 e. The lowest BCUT2D eigenvalue weighted by Crippen LogP contribution is -2.52. The van der Waals surface area contributed by atoms with Crippen molar-refractivity contribution in [1.29, 1.82) is 0 Å². The van der Waals surface area contributed by atoms with Crippen LogP contribution in [0.15, 0.2) is 23.2 Å². The van der Waals surface area contributed by atoms with Crippen molar-refractivity contribution in [2.45, 2.75) is 40.0 Å². The zero-order valence-electron chi connectivity index (χ0n) is 18.1. The summed E-state index contributed by atoms with van der Waals surface area (Å²) in [7, 11) is 0. The number of likely N-dealkylation sites (tertiary alicyclic amines) is 1. The minimum atomic E-state index is 0. The summed E-state index contributed by atoms with van der Waals surface area (Å²) in [5.74, 6) is 1.19. The average molecular weight is 513 g/mol. The molecule has 0 radical (unpaired) electrons. The van der Waals surface area contributed by atoms with Gasteiger partial charge in [-0.05, 0) is 50.8 Å². The van der Waals surface area contributed by atoms with Crippen LogP contribution in [0.4, 0.5) is 5.69 Å². The summed E-state index contributed by atoms with van der Waals surface area (Å²) in [5.41, 5.74) is 4.06. The molecule has 1 aromatic rings. The molecule has 2 heterocycles. The molecule has 0 aromatic heterocycles. The molecule has 1 N–H and O–H groups in total. The fourth-order valence-corrected chi connectivity index (χ4v) is 4.05. The van der Waals surface area contributed by atoms with Gasteiger partial charge < -0.3 is 20.0 Å². The summed E-state index contributed by atoms with van der Waals surface area (Å²) in [6.45, 7) is 13.6. The molecule has 0 saturated carbocycles. The van der Waals surface area contributed by atoms with E-state index >= 15 is 0 Å². The molecule has 0 aliphatic carbocycles. The normalized spacial score (nSPS) is 17.3. The molecule has 2 saturated heterocycles. The molecular weight excluding hydrogens is 477 g/mol. The molecular formula is C22H36IN5O. The van der Waals surface area contributed by atoms with Crippen LogP contribution in [0.1, 0.15) is 37.3 Å². The highest BCUT2D eigenvalue weighted by molar-refractivity contribution is 14.0. The van der Waals surface area contributed by atoms with Gasteiger partial charge in [0.05, 0.1) is 6.54 Å². The Kier molecular flexibility index (Phi) is 9.52. The standard InChI is InChI=1S/C22H35N5O.HI/c1-4-23-22(24-11-10-21(28)26-12-5-6-13-26)27-16-14-25(15-17-27)20-9-7-8-18(2)19(20)3;/h7-9H,4-6,10-17H2,1-3H3,(H,23,24);1H. The fraction of sp³-hybridized carbons (Fsp3) is 0.636. The lowest BCUT2D eigenvalue weighted by atomic mass is 10.1. The Hall–Kier alpha value is -1.51. The second kappa shape index (κ2) is 11.6.